The van der Waals surface area contributed by atoms with E-state index < -0.39 is 0 Å². The Hall–Kier alpha value is -3.03. The van der Waals surface area contributed by atoms with Gasteiger partial charge in [-0.05, 0) is 30.5 Å². The molecule has 28 heavy (non-hydrogen) atoms. The molecule has 0 unspecified atom stereocenters. The quantitative estimate of drug-likeness (QED) is 0.853. The summed E-state index contributed by atoms with van der Waals surface area (Å²) in [4.78, 5) is 29.8. The van der Waals surface area contributed by atoms with Crippen LogP contribution in [0.2, 0.25) is 0 Å². The number of nitrogens with zero attached hydrogens (tertiary/aromatic N) is 3. The number of carbonyl (C=O) groups excluding carboxylic acids is 2. The Labute approximate surface area is 163 Å². The van der Waals surface area contributed by atoms with Crippen LogP contribution in [-0.2, 0) is 22.5 Å². The summed E-state index contributed by atoms with van der Waals surface area (Å²) in [7, 11) is 0. The van der Waals surface area contributed by atoms with Gasteiger partial charge in [0, 0.05) is 12.1 Å². The maximum Gasteiger partial charge on any atom is 0.415 e. The van der Waals surface area contributed by atoms with E-state index >= 15 is 0 Å². The van der Waals surface area contributed by atoms with E-state index in [1.54, 1.807) is 4.90 Å². The molecule has 1 aromatic heterocycles. The van der Waals surface area contributed by atoms with Crippen LogP contribution in [-0.4, -0.2) is 40.8 Å². The highest BCUT2D eigenvalue weighted by Crippen LogP contribution is 2.35. The molecule has 1 aromatic carbocycles. The van der Waals surface area contributed by atoms with Gasteiger partial charge in [0.05, 0.1) is 18.7 Å². The summed E-state index contributed by atoms with van der Waals surface area (Å²) in [5.74, 6) is 1.50. The highest BCUT2D eigenvalue weighted by molar-refractivity contribution is 5.89. The monoisotopic (exact) mass is 384 g/mol. The number of ether oxygens (including phenoxy) is 2. The number of hydrogen-bond donors (Lipinski definition) is 1. The van der Waals surface area contributed by atoms with Gasteiger partial charge in [0.2, 0.25) is 5.91 Å². The molecule has 2 N–H and O–H groups in total. The van der Waals surface area contributed by atoms with Crippen molar-refractivity contribution in [3.63, 3.8) is 0 Å². The summed E-state index contributed by atoms with van der Waals surface area (Å²) in [5, 5.41) is 0. The van der Waals surface area contributed by atoms with E-state index in [0.717, 1.165) is 29.1 Å². The van der Waals surface area contributed by atoms with Gasteiger partial charge >= 0.3 is 6.09 Å². The molecule has 0 aliphatic carbocycles. The van der Waals surface area contributed by atoms with Crippen molar-refractivity contribution in [2.75, 3.05) is 18.1 Å². The molecule has 4 rings (SSSR count). The smallest absolute Gasteiger partial charge is 0.415 e. The minimum absolute atomic E-state index is 0.0978. The van der Waals surface area contributed by atoms with Crippen molar-refractivity contribution in [3.8, 4) is 17.1 Å². The molecular formula is C20H24N4O4. The maximum atomic E-state index is 12.2. The first-order valence-corrected chi connectivity index (χ1v) is 9.57. The number of hydrogen-bond acceptors (Lipinski definition) is 5. The molecule has 148 valence electrons. The minimum atomic E-state index is -0.354. The summed E-state index contributed by atoms with van der Waals surface area (Å²) < 4.78 is 13.3. The SMILES string of the molecule is CC[C@H]1CN(c2cn3c(n2)-c2ccc(C[C@@H](C)C(N)=O)cc2OCC3)C(=O)O1. The molecule has 0 bridgehead atoms. The molecule has 8 heteroatoms. The average molecular weight is 384 g/mol. The Bertz CT molecular complexity index is 923. The standard InChI is InChI=1S/C20H24N4O4/c1-3-14-10-24(20(26)28-14)17-11-23-6-7-27-16-9-13(8-12(2)18(21)25)4-5-15(16)19(23)22-17/h4-5,9,11-12,14H,3,6-8,10H2,1-2H3,(H2,21,25)/t12-,14+/m1/s1. The number of rotatable bonds is 5. The van der Waals surface area contributed by atoms with Crippen LogP contribution in [0.25, 0.3) is 11.4 Å². The van der Waals surface area contributed by atoms with Crippen LogP contribution in [0.15, 0.2) is 24.4 Å². The lowest BCUT2D eigenvalue weighted by atomic mass is 9.99. The van der Waals surface area contributed by atoms with Gasteiger partial charge in [0.1, 0.15) is 24.3 Å². The maximum absolute atomic E-state index is 12.2. The van der Waals surface area contributed by atoms with Gasteiger partial charge in [-0.25, -0.2) is 9.78 Å². The predicted molar refractivity (Wildman–Crippen MR) is 103 cm³/mol. The van der Waals surface area contributed by atoms with Crippen LogP contribution in [0.4, 0.5) is 10.6 Å². The molecule has 1 saturated heterocycles. The number of benzene rings is 1. The number of carbonyl (C=O) groups is 2. The van der Waals surface area contributed by atoms with Gasteiger partial charge in [0.15, 0.2) is 5.82 Å². The van der Waals surface area contributed by atoms with Gasteiger partial charge in [-0.1, -0.05) is 19.9 Å². The second-order valence-corrected chi connectivity index (χ2v) is 7.33. The predicted octanol–water partition coefficient (Wildman–Crippen LogP) is 2.34. The number of imidazole rings is 1. The average Bonchev–Trinajstić information content (AvgIpc) is 3.21. The molecule has 0 spiro atoms. The van der Waals surface area contributed by atoms with Gasteiger partial charge < -0.3 is 19.8 Å². The Morgan fingerprint density at radius 2 is 2.25 bits per heavy atom. The molecule has 2 amide bonds. The summed E-state index contributed by atoms with van der Waals surface area (Å²) >= 11 is 0. The number of fused-ring (bicyclic) bond motifs is 3. The molecule has 3 heterocycles. The van der Waals surface area contributed by atoms with E-state index in [1.807, 2.05) is 42.8 Å². The lowest BCUT2D eigenvalue weighted by molar-refractivity contribution is -0.121. The Kier molecular flexibility index (Phi) is 4.70. The van der Waals surface area contributed by atoms with Crippen LogP contribution in [0.1, 0.15) is 25.8 Å². The van der Waals surface area contributed by atoms with E-state index in [0.29, 0.717) is 31.9 Å². The zero-order chi connectivity index (χ0) is 19.8. The van der Waals surface area contributed by atoms with Crippen LogP contribution < -0.4 is 15.4 Å². The van der Waals surface area contributed by atoms with Crippen molar-refractivity contribution >= 4 is 17.8 Å². The van der Waals surface area contributed by atoms with Gasteiger partial charge in [-0.2, -0.15) is 0 Å². The number of primary amides is 1. The number of nitrogens with two attached hydrogens (primary N) is 1. The number of anilines is 1. The van der Waals surface area contributed by atoms with Gasteiger partial charge in [-0.3, -0.25) is 9.69 Å². The molecule has 1 fully saturated rings. The summed E-state index contributed by atoms with van der Waals surface area (Å²) in [5.41, 5.74) is 7.22. The molecule has 0 saturated carbocycles. The fraction of sp³-hybridized carbons (Fsp3) is 0.450. The summed E-state index contributed by atoms with van der Waals surface area (Å²) in [6.45, 7) is 5.44. The van der Waals surface area contributed by atoms with Crippen molar-refractivity contribution in [3.05, 3.63) is 30.0 Å². The summed E-state index contributed by atoms with van der Waals surface area (Å²) in [6, 6.07) is 5.85. The molecule has 8 nitrogen and oxygen atoms in total. The van der Waals surface area contributed by atoms with Crippen molar-refractivity contribution < 1.29 is 19.1 Å². The topological polar surface area (TPSA) is 99.7 Å². The lowest BCUT2D eigenvalue weighted by Crippen LogP contribution is -2.24. The summed E-state index contributed by atoms with van der Waals surface area (Å²) in [6.07, 6.45) is 2.76. The Balaban J connectivity index is 1.65. The molecule has 2 aromatic rings. The second-order valence-electron chi connectivity index (χ2n) is 7.33. The first-order chi connectivity index (χ1) is 13.5. The highest BCUT2D eigenvalue weighted by atomic mass is 16.6. The zero-order valence-corrected chi connectivity index (χ0v) is 16.1. The van der Waals surface area contributed by atoms with Crippen molar-refractivity contribution in [2.45, 2.75) is 39.3 Å². The highest BCUT2D eigenvalue weighted by Gasteiger charge is 2.33. The van der Waals surface area contributed by atoms with Crippen LogP contribution in [0, 0.1) is 5.92 Å². The largest absolute Gasteiger partial charge is 0.491 e. The van der Waals surface area contributed by atoms with Crippen molar-refractivity contribution in [1.82, 2.24) is 9.55 Å². The number of aromatic nitrogens is 2. The van der Waals surface area contributed by atoms with Crippen molar-refractivity contribution in [2.24, 2.45) is 11.7 Å². The van der Waals surface area contributed by atoms with Gasteiger partial charge in [-0.15, -0.1) is 0 Å². The molecule has 0 radical (unpaired) electrons. The number of amides is 2. The third-order valence-corrected chi connectivity index (χ3v) is 5.27. The van der Waals surface area contributed by atoms with Crippen LogP contribution in [0.3, 0.4) is 0 Å². The third-order valence-electron chi connectivity index (χ3n) is 5.27. The molecule has 2 atom stereocenters. The number of cyclic esters (lactones) is 1. The molecule has 2 aliphatic rings. The Morgan fingerprint density at radius 1 is 1.43 bits per heavy atom. The second kappa shape index (κ2) is 7.18. The normalized spacial score (nSPS) is 19.3. The van der Waals surface area contributed by atoms with E-state index in [4.69, 9.17) is 20.2 Å². The van der Waals surface area contributed by atoms with E-state index in [1.165, 1.54) is 0 Å². The van der Waals surface area contributed by atoms with Gasteiger partial charge in [0.25, 0.3) is 0 Å². The third kappa shape index (κ3) is 3.30. The van der Waals surface area contributed by atoms with Crippen LogP contribution in [0.5, 0.6) is 5.75 Å². The zero-order valence-electron chi connectivity index (χ0n) is 16.1. The fourth-order valence-corrected chi connectivity index (χ4v) is 3.54. The molecule has 2 aliphatic heterocycles. The molecular weight excluding hydrogens is 360 g/mol. The van der Waals surface area contributed by atoms with Crippen molar-refractivity contribution in [1.29, 1.82) is 0 Å². The Morgan fingerprint density at radius 3 is 2.96 bits per heavy atom. The van der Waals surface area contributed by atoms with E-state index in [9.17, 15) is 9.59 Å². The van der Waals surface area contributed by atoms with E-state index in [-0.39, 0.29) is 24.0 Å². The van der Waals surface area contributed by atoms with Crippen LogP contribution >= 0.6 is 0 Å². The van der Waals surface area contributed by atoms with E-state index in [2.05, 4.69) is 0 Å². The first-order valence-electron chi connectivity index (χ1n) is 9.57. The minimum Gasteiger partial charge on any atom is -0.491 e. The fourth-order valence-electron chi connectivity index (χ4n) is 3.54. The first kappa shape index (κ1) is 18.3. The lowest BCUT2D eigenvalue weighted by Gasteiger charge is -2.12.